The van der Waals surface area contributed by atoms with Crippen molar-refractivity contribution >= 4 is 30.2 Å². The number of amides is 2. The molecule has 2 amide bonds. The largest absolute Gasteiger partial charge is 0.464 e. The molecule has 1 fully saturated rings. The lowest BCUT2D eigenvalue weighted by atomic mass is 10.1. The maximum Gasteiger partial charge on any atom is 0.328 e. The second kappa shape index (κ2) is 8.06. The van der Waals surface area contributed by atoms with Crippen molar-refractivity contribution in [2.45, 2.75) is 32.9 Å². The first kappa shape index (κ1) is 18.7. The zero-order valence-corrected chi connectivity index (χ0v) is 12.8. The van der Waals surface area contributed by atoms with Crippen molar-refractivity contribution in [3.8, 4) is 0 Å². The van der Waals surface area contributed by atoms with Gasteiger partial charge >= 0.3 is 5.97 Å². The molecule has 1 heterocycles. The number of nitrogens with two attached hydrogens (primary N) is 1. The molecular weight excluding hydrogens is 286 g/mol. The summed E-state index contributed by atoms with van der Waals surface area (Å²) in [5.74, 6) is -0.945. The number of hydrogen-bond donors (Lipinski definition) is 1. The van der Waals surface area contributed by atoms with Crippen molar-refractivity contribution in [1.29, 1.82) is 0 Å². The normalized spacial score (nSPS) is 20.2. The first-order chi connectivity index (χ1) is 8.93. The summed E-state index contributed by atoms with van der Waals surface area (Å²) in [4.78, 5) is 38.3. The summed E-state index contributed by atoms with van der Waals surface area (Å²) in [5.41, 5.74) is 5.30. The number of esters is 1. The molecule has 0 aromatic carbocycles. The number of rotatable bonds is 4. The Bertz CT molecular complexity index is 378. The van der Waals surface area contributed by atoms with E-state index < -0.39 is 18.1 Å². The van der Waals surface area contributed by atoms with Crippen LogP contribution in [0, 0.1) is 0 Å². The van der Waals surface area contributed by atoms with Crippen LogP contribution in [0.5, 0.6) is 0 Å². The third kappa shape index (κ3) is 3.83. The number of carbonyl (C=O) groups is 3. The van der Waals surface area contributed by atoms with E-state index in [1.807, 2.05) is 0 Å². The number of hydrogen-bond acceptors (Lipinski definition) is 5. The minimum absolute atomic E-state index is 0. The Balaban J connectivity index is 0.00000361. The molecule has 1 aliphatic heterocycles. The van der Waals surface area contributed by atoms with E-state index >= 15 is 0 Å². The molecule has 7 nitrogen and oxygen atoms in total. The van der Waals surface area contributed by atoms with Crippen LogP contribution in [0.3, 0.4) is 0 Å². The molecule has 8 heteroatoms. The molecule has 2 N–H and O–H groups in total. The molecule has 116 valence electrons. The van der Waals surface area contributed by atoms with E-state index in [4.69, 9.17) is 10.5 Å². The molecule has 0 aromatic heterocycles. The van der Waals surface area contributed by atoms with Crippen molar-refractivity contribution < 1.29 is 19.1 Å². The van der Waals surface area contributed by atoms with Gasteiger partial charge in [0.05, 0.1) is 13.2 Å². The van der Waals surface area contributed by atoms with Crippen LogP contribution in [-0.4, -0.2) is 65.9 Å². The third-order valence-electron chi connectivity index (χ3n) is 3.28. The maximum absolute atomic E-state index is 12.2. The molecule has 2 atom stereocenters. The Kier molecular flexibility index (Phi) is 7.52. The molecule has 1 aliphatic rings. The minimum atomic E-state index is -0.634. The van der Waals surface area contributed by atoms with E-state index in [0.29, 0.717) is 13.1 Å². The fraction of sp³-hybridized carbons (Fsp3) is 0.750. The quantitative estimate of drug-likeness (QED) is 0.699. The lowest BCUT2D eigenvalue weighted by Crippen LogP contribution is -2.61. The molecule has 1 rings (SSSR count). The van der Waals surface area contributed by atoms with E-state index in [-0.39, 0.29) is 37.4 Å². The van der Waals surface area contributed by atoms with Gasteiger partial charge in [-0.05, 0) is 20.8 Å². The Hall–Kier alpha value is -1.34. The van der Waals surface area contributed by atoms with Crippen molar-refractivity contribution in [3.63, 3.8) is 0 Å². The summed E-state index contributed by atoms with van der Waals surface area (Å²) < 4.78 is 4.90. The maximum atomic E-state index is 12.2. The van der Waals surface area contributed by atoms with Crippen LogP contribution < -0.4 is 5.73 Å². The van der Waals surface area contributed by atoms with Crippen LogP contribution in [0.15, 0.2) is 0 Å². The predicted octanol–water partition coefficient (Wildman–Crippen LogP) is -0.622. The number of carbonyl (C=O) groups excluding carboxylic acids is 3. The SMILES string of the molecule is CCOC(=O)[C@H](C)N1CCN(C(=O)CN)[C@@H](C)C1=O.Cl. The van der Waals surface area contributed by atoms with Crippen LogP contribution in [0.2, 0.25) is 0 Å². The Morgan fingerprint density at radius 3 is 2.55 bits per heavy atom. The van der Waals surface area contributed by atoms with Gasteiger partial charge in [0.25, 0.3) is 0 Å². The van der Waals surface area contributed by atoms with Crippen LogP contribution in [0.4, 0.5) is 0 Å². The summed E-state index contributed by atoms with van der Waals surface area (Å²) in [5, 5.41) is 0. The molecule has 1 saturated heterocycles. The number of piperazine rings is 1. The van der Waals surface area contributed by atoms with E-state index in [9.17, 15) is 14.4 Å². The number of nitrogens with zero attached hydrogens (tertiary/aromatic N) is 2. The molecular formula is C12H22ClN3O4. The molecule has 0 unspecified atom stereocenters. The lowest BCUT2D eigenvalue weighted by molar-refractivity contribution is -0.160. The zero-order valence-electron chi connectivity index (χ0n) is 12.0. The average Bonchev–Trinajstić information content (AvgIpc) is 2.40. The third-order valence-corrected chi connectivity index (χ3v) is 3.28. The highest BCUT2D eigenvalue weighted by atomic mass is 35.5. The van der Waals surface area contributed by atoms with Gasteiger partial charge in [0.1, 0.15) is 12.1 Å². The van der Waals surface area contributed by atoms with Crippen molar-refractivity contribution in [3.05, 3.63) is 0 Å². The van der Waals surface area contributed by atoms with Crippen LogP contribution in [0.25, 0.3) is 0 Å². The predicted molar refractivity (Wildman–Crippen MR) is 75.3 cm³/mol. The number of halogens is 1. The highest BCUT2D eigenvalue weighted by Crippen LogP contribution is 2.14. The van der Waals surface area contributed by atoms with Gasteiger partial charge in [-0.3, -0.25) is 9.59 Å². The topological polar surface area (TPSA) is 92.9 Å². The van der Waals surface area contributed by atoms with Crippen LogP contribution in [0.1, 0.15) is 20.8 Å². The molecule has 0 aliphatic carbocycles. The van der Waals surface area contributed by atoms with Crippen LogP contribution in [-0.2, 0) is 19.1 Å². The van der Waals surface area contributed by atoms with E-state index in [0.717, 1.165) is 0 Å². The Labute approximate surface area is 124 Å². The van der Waals surface area contributed by atoms with E-state index in [1.54, 1.807) is 20.8 Å². The molecule has 20 heavy (non-hydrogen) atoms. The fourth-order valence-corrected chi connectivity index (χ4v) is 2.13. The summed E-state index contributed by atoms with van der Waals surface area (Å²) in [6, 6.07) is -1.23. The van der Waals surface area contributed by atoms with Gasteiger partial charge in [-0.1, -0.05) is 0 Å². The van der Waals surface area contributed by atoms with E-state index in [1.165, 1.54) is 9.80 Å². The summed E-state index contributed by atoms with van der Waals surface area (Å²) in [6.07, 6.45) is 0. The average molecular weight is 308 g/mol. The molecule has 0 spiro atoms. The monoisotopic (exact) mass is 307 g/mol. The zero-order chi connectivity index (χ0) is 14.6. The molecule has 0 saturated carbocycles. The standard InChI is InChI=1S/C12H21N3O4.ClH/c1-4-19-12(18)9(3)15-6-5-14(10(16)7-13)8(2)11(15)17;/h8-9H,4-7,13H2,1-3H3;1H/t8-,9-;/m0./s1. The smallest absolute Gasteiger partial charge is 0.328 e. The summed E-state index contributed by atoms with van der Waals surface area (Å²) in [7, 11) is 0. The van der Waals surface area contributed by atoms with Gasteiger partial charge in [0, 0.05) is 13.1 Å². The first-order valence-corrected chi connectivity index (χ1v) is 6.40. The van der Waals surface area contributed by atoms with Gasteiger partial charge in [-0.15, -0.1) is 12.4 Å². The Morgan fingerprint density at radius 1 is 1.45 bits per heavy atom. The summed E-state index contributed by atoms with van der Waals surface area (Å²) in [6.45, 7) is 5.83. The highest BCUT2D eigenvalue weighted by Gasteiger charge is 2.38. The van der Waals surface area contributed by atoms with Gasteiger partial charge < -0.3 is 20.3 Å². The van der Waals surface area contributed by atoms with Crippen LogP contribution >= 0.6 is 12.4 Å². The van der Waals surface area contributed by atoms with Gasteiger partial charge in [-0.2, -0.15) is 0 Å². The van der Waals surface area contributed by atoms with Crippen molar-refractivity contribution in [2.75, 3.05) is 26.2 Å². The first-order valence-electron chi connectivity index (χ1n) is 6.40. The lowest BCUT2D eigenvalue weighted by Gasteiger charge is -2.40. The molecule has 0 radical (unpaired) electrons. The summed E-state index contributed by atoms with van der Waals surface area (Å²) >= 11 is 0. The number of ether oxygens (including phenoxy) is 1. The second-order valence-corrected chi connectivity index (χ2v) is 4.43. The van der Waals surface area contributed by atoms with Crippen molar-refractivity contribution in [2.24, 2.45) is 5.73 Å². The van der Waals surface area contributed by atoms with Gasteiger partial charge in [0.2, 0.25) is 11.8 Å². The van der Waals surface area contributed by atoms with Gasteiger partial charge in [-0.25, -0.2) is 4.79 Å². The fourth-order valence-electron chi connectivity index (χ4n) is 2.13. The highest BCUT2D eigenvalue weighted by molar-refractivity contribution is 5.91. The van der Waals surface area contributed by atoms with Gasteiger partial charge in [0.15, 0.2) is 0 Å². The van der Waals surface area contributed by atoms with Crippen molar-refractivity contribution in [1.82, 2.24) is 9.80 Å². The van der Waals surface area contributed by atoms with E-state index in [2.05, 4.69) is 0 Å². The molecule has 0 bridgehead atoms. The molecule has 0 aromatic rings. The minimum Gasteiger partial charge on any atom is -0.464 e. The second-order valence-electron chi connectivity index (χ2n) is 4.43. The Morgan fingerprint density at radius 2 is 2.05 bits per heavy atom.